The van der Waals surface area contributed by atoms with Crippen molar-refractivity contribution in [2.75, 3.05) is 16.9 Å². The molecule has 13 heteroatoms. The summed E-state index contributed by atoms with van der Waals surface area (Å²) in [5, 5.41) is 6.21. The predicted molar refractivity (Wildman–Crippen MR) is 161 cm³/mol. The first-order valence-corrected chi connectivity index (χ1v) is 17.4. The molecule has 1 aliphatic carbocycles. The number of carbonyl (C=O) groups is 1. The molecule has 1 fully saturated rings. The minimum Gasteiger partial charge on any atom is -0.353 e. The molecule has 0 saturated heterocycles. The van der Waals surface area contributed by atoms with Crippen LogP contribution in [0.15, 0.2) is 35.4 Å². The molecule has 8 nitrogen and oxygen atoms in total. The molecule has 0 spiro atoms. The Morgan fingerprint density at radius 2 is 1.92 bits per heavy atom. The van der Waals surface area contributed by atoms with E-state index in [2.05, 4.69) is 25.6 Å². The number of halogens is 3. The first-order valence-electron chi connectivity index (χ1n) is 12.1. The number of pyridine rings is 1. The molecule has 1 unspecified atom stereocenters. The van der Waals surface area contributed by atoms with Gasteiger partial charge in [-0.25, -0.2) is 23.7 Å². The number of hydrogen-bond acceptors (Lipinski definition) is 6. The number of aryl methyl sites for hydroxylation is 2. The highest BCUT2D eigenvalue weighted by Gasteiger charge is 2.30. The van der Waals surface area contributed by atoms with Crippen LogP contribution in [0, 0.1) is 12.8 Å². The van der Waals surface area contributed by atoms with E-state index in [-0.39, 0.29) is 24.0 Å². The first-order chi connectivity index (χ1) is 18.3. The van der Waals surface area contributed by atoms with Gasteiger partial charge in [-0.2, -0.15) is 0 Å². The Kier molecular flexibility index (Phi) is 9.25. The van der Waals surface area contributed by atoms with Crippen molar-refractivity contribution in [3.63, 3.8) is 0 Å². The molecule has 1 saturated carbocycles. The summed E-state index contributed by atoms with van der Waals surface area (Å²) < 4.78 is 30.9. The zero-order chi connectivity index (χ0) is 27.6. The van der Waals surface area contributed by atoms with Crippen molar-refractivity contribution in [3.05, 3.63) is 42.0 Å². The number of amides is 1. The molecule has 1 amide bonds. The van der Waals surface area contributed by atoms with Crippen molar-refractivity contribution >= 4 is 74.4 Å². The van der Waals surface area contributed by atoms with Gasteiger partial charge in [0.2, 0.25) is 5.91 Å². The number of fused-ring (bicyclic) bond motifs is 1. The fraction of sp³-hybridized carbons (Fsp3) is 0.360. The highest BCUT2D eigenvalue weighted by atomic mass is 127. The second kappa shape index (κ2) is 12.3. The van der Waals surface area contributed by atoms with Crippen LogP contribution in [0.5, 0.6) is 0 Å². The molecular weight excluding hydrogens is 642 g/mol. The average molecular weight is 671 g/mol. The van der Waals surface area contributed by atoms with Gasteiger partial charge in [-0.05, 0) is 66.3 Å². The van der Waals surface area contributed by atoms with Crippen molar-refractivity contribution in [2.45, 2.75) is 44.9 Å². The molecule has 38 heavy (non-hydrogen) atoms. The van der Waals surface area contributed by atoms with Gasteiger partial charge in [0.15, 0.2) is 11.5 Å². The summed E-state index contributed by atoms with van der Waals surface area (Å²) in [4.78, 5) is 26.7. The van der Waals surface area contributed by atoms with Crippen LogP contribution < -0.4 is 10.6 Å². The Bertz CT molecular complexity index is 1470. The molecule has 1 atom stereocenters. The predicted octanol–water partition coefficient (Wildman–Crippen LogP) is 7.71. The molecule has 202 valence electrons. The minimum atomic E-state index is -2.75. The van der Waals surface area contributed by atoms with Gasteiger partial charge in [0.05, 0.1) is 23.4 Å². The lowest BCUT2D eigenvalue weighted by Gasteiger charge is -2.14. The molecule has 3 heterocycles. The molecule has 1 aromatic carbocycles. The van der Waals surface area contributed by atoms with Crippen molar-refractivity contribution in [1.82, 2.24) is 23.9 Å². The van der Waals surface area contributed by atoms with Gasteiger partial charge in [0.1, 0.15) is 17.2 Å². The lowest BCUT2D eigenvalue weighted by molar-refractivity contribution is -0.117. The summed E-state index contributed by atoms with van der Waals surface area (Å²) in [6, 6.07) is 7.60. The molecule has 0 aliphatic heterocycles. The number of nitrogens with one attached hydrogen (secondary N) is 2. The summed E-state index contributed by atoms with van der Waals surface area (Å²) in [6.45, 7) is 5.95. The number of imidazole rings is 2. The third kappa shape index (κ3) is 5.96. The van der Waals surface area contributed by atoms with Crippen LogP contribution in [0.1, 0.15) is 44.6 Å². The van der Waals surface area contributed by atoms with Crippen LogP contribution in [0.25, 0.3) is 22.6 Å². The monoisotopic (exact) mass is 671 g/mol. The van der Waals surface area contributed by atoms with Crippen LogP contribution >= 0.6 is 40.2 Å². The Hall–Kier alpha value is -2.31. The Labute approximate surface area is 239 Å². The molecule has 0 bridgehead atoms. The first kappa shape index (κ1) is 28.7. The second-order valence-electron chi connectivity index (χ2n) is 8.54. The van der Waals surface area contributed by atoms with Crippen LogP contribution in [-0.4, -0.2) is 36.0 Å². The van der Waals surface area contributed by atoms with E-state index in [4.69, 9.17) is 0 Å². The van der Waals surface area contributed by atoms with Gasteiger partial charge < -0.3 is 15.2 Å². The van der Waals surface area contributed by atoms with E-state index in [1.54, 1.807) is 17.8 Å². The van der Waals surface area contributed by atoms with Gasteiger partial charge in [0, 0.05) is 35.7 Å². The zero-order valence-corrected chi connectivity index (χ0v) is 25.6. The highest BCUT2D eigenvalue weighted by molar-refractivity contribution is 14.2. The third-order valence-corrected chi connectivity index (χ3v) is 8.68. The maximum Gasteiger partial charge on any atom is 0.295 e. The standard InChI is InChI=1S/C23H23F2IN7OPS.C2H6/c1-11-10-32(2)20(27-11)13-6-7-14(16(8-13)36-3)28-15-9-17(30-23(34)12-4-5-12)29-21-18(15)31-22(19(24)25)33(21)35-26;1-2/h6-10,12,19,35H,4-5H2,1-3H3,(H2,28,29,30,34);1-2H3. The van der Waals surface area contributed by atoms with E-state index < -0.39 is 6.43 Å². The molecule has 4 aromatic rings. The average Bonchev–Trinajstić information content (AvgIpc) is 3.61. The van der Waals surface area contributed by atoms with Crippen LogP contribution in [0.3, 0.4) is 0 Å². The Morgan fingerprint density at radius 1 is 1.18 bits per heavy atom. The topological polar surface area (TPSA) is 89.7 Å². The van der Waals surface area contributed by atoms with Crippen LogP contribution in [-0.2, 0) is 11.8 Å². The van der Waals surface area contributed by atoms with E-state index in [1.807, 2.05) is 85.1 Å². The second-order valence-corrected chi connectivity index (χ2v) is 11.4. The lowest BCUT2D eigenvalue weighted by Crippen LogP contribution is -2.14. The molecular formula is C25H29F2IN7OPS. The Morgan fingerprint density at radius 3 is 2.50 bits per heavy atom. The molecule has 3 aromatic heterocycles. The summed E-state index contributed by atoms with van der Waals surface area (Å²) in [7, 11) is 1.95. The minimum absolute atomic E-state index is 0.0164. The number of thioether (sulfide) groups is 1. The number of carbonyl (C=O) groups excluding carboxylic acids is 1. The van der Waals surface area contributed by atoms with Crippen LogP contribution in [0.4, 0.5) is 26.0 Å². The zero-order valence-electron chi connectivity index (χ0n) is 21.6. The summed E-state index contributed by atoms with van der Waals surface area (Å²) >= 11 is 3.59. The summed E-state index contributed by atoms with van der Waals surface area (Å²) in [6.07, 6.45) is 2.86. The van der Waals surface area contributed by atoms with E-state index in [0.717, 1.165) is 40.5 Å². The van der Waals surface area contributed by atoms with E-state index in [1.165, 1.54) is 4.34 Å². The lowest BCUT2D eigenvalue weighted by atomic mass is 10.2. The van der Waals surface area contributed by atoms with Gasteiger partial charge in [-0.15, -0.1) is 11.8 Å². The van der Waals surface area contributed by atoms with Gasteiger partial charge in [-0.1, -0.05) is 13.8 Å². The normalized spacial score (nSPS) is 13.3. The van der Waals surface area contributed by atoms with Gasteiger partial charge in [0.25, 0.3) is 6.43 Å². The largest absolute Gasteiger partial charge is 0.353 e. The van der Waals surface area contributed by atoms with Crippen LogP contribution in [0.2, 0.25) is 0 Å². The van der Waals surface area contributed by atoms with Crippen molar-refractivity contribution < 1.29 is 13.6 Å². The molecule has 1 aliphatic rings. The quantitative estimate of drug-likeness (QED) is 0.113. The van der Waals surface area contributed by atoms with E-state index in [0.29, 0.717) is 22.7 Å². The van der Waals surface area contributed by atoms with Gasteiger partial charge in [-0.3, -0.25) is 9.13 Å². The fourth-order valence-electron chi connectivity index (χ4n) is 3.99. The SMILES string of the molecule is CC.CSc1cc(-c2nc(C)cn2C)ccc1Nc1cc(NC(=O)C2CC2)nc2c1nc(C(F)F)n2PI. The maximum absolute atomic E-state index is 13.8. The summed E-state index contributed by atoms with van der Waals surface area (Å²) in [5.41, 5.74) is 3.82. The number of benzene rings is 1. The van der Waals surface area contributed by atoms with E-state index in [9.17, 15) is 13.6 Å². The number of rotatable bonds is 8. The molecule has 0 radical (unpaired) electrons. The number of anilines is 3. The smallest absolute Gasteiger partial charge is 0.295 e. The Balaban J connectivity index is 0.00000164. The molecule has 5 rings (SSSR count). The fourth-order valence-corrected chi connectivity index (χ4v) is 6.47. The highest BCUT2D eigenvalue weighted by Crippen LogP contribution is 2.40. The number of aromatic nitrogens is 5. The summed E-state index contributed by atoms with van der Waals surface area (Å²) in [5.74, 6) is 0.699. The number of alkyl halides is 2. The van der Waals surface area contributed by atoms with Crippen molar-refractivity contribution in [3.8, 4) is 11.4 Å². The maximum atomic E-state index is 13.8. The number of hydrogen-bond donors (Lipinski definition) is 2. The van der Waals surface area contributed by atoms with E-state index >= 15 is 0 Å². The van der Waals surface area contributed by atoms with Gasteiger partial charge >= 0.3 is 0 Å². The van der Waals surface area contributed by atoms with Crippen molar-refractivity contribution in [1.29, 1.82) is 0 Å². The third-order valence-electron chi connectivity index (χ3n) is 5.85. The number of nitrogens with zero attached hydrogens (tertiary/aromatic N) is 5. The van der Waals surface area contributed by atoms with Crippen molar-refractivity contribution in [2.24, 2.45) is 13.0 Å². The molecule has 2 N–H and O–H groups in total.